The molecular weight excluding hydrogens is 198 g/mol. The average Bonchev–Trinajstić information content (AvgIpc) is 2.96. The first-order valence-corrected chi connectivity index (χ1v) is 6.81. The molecule has 94 valence electrons. The predicted octanol–water partition coefficient (Wildman–Crippen LogP) is 2.56. The molecule has 0 amide bonds. The van der Waals surface area contributed by atoms with Crippen molar-refractivity contribution in [1.29, 1.82) is 0 Å². The molecule has 0 saturated heterocycles. The standard InChI is InChI=1S/C14H27NO/c1-11-8-13(2,3)5-4-12(11)15-9-14(10-16)6-7-14/h11-12,15-16H,4-10H2,1-3H3. The Labute approximate surface area is 99.8 Å². The largest absolute Gasteiger partial charge is 0.396 e. The van der Waals surface area contributed by atoms with Gasteiger partial charge in [-0.2, -0.15) is 0 Å². The minimum atomic E-state index is 0.257. The average molecular weight is 225 g/mol. The van der Waals surface area contributed by atoms with Crippen LogP contribution in [0, 0.1) is 16.7 Å². The molecule has 2 aliphatic carbocycles. The maximum absolute atomic E-state index is 9.29. The van der Waals surface area contributed by atoms with E-state index >= 15 is 0 Å². The first kappa shape index (κ1) is 12.4. The summed E-state index contributed by atoms with van der Waals surface area (Å²) < 4.78 is 0. The maximum Gasteiger partial charge on any atom is 0.0499 e. The van der Waals surface area contributed by atoms with E-state index in [4.69, 9.17) is 0 Å². The van der Waals surface area contributed by atoms with Gasteiger partial charge >= 0.3 is 0 Å². The van der Waals surface area contributed by atoms with Gasteiger partial charge in [0.1, 0.15) is 0 Å². The van der Waals surface area contributed by atoms with Gasteiger partial charge < -0.3 is 10.4 Å². The number of aliphatic hydroxyl groups excluding tert-OH is 1. The van der Waals surface area contributed by atoms with Crippen molar-refractivity contribution in [3.8, 4) is 0 Å². The summed E-state index contributed by atoms with van der Waals surface area (Å²) in [7, 11) is 0. The summed E-state index contributed by atoms with van der Waals surface area (Å²) in [5.74, 6) is 0.776. The summed E-state index contributed by atoms with van der Waals surface area (Å²) in [6.45, 7) is 8.54. The molecule has 2 saturated carbocycles. The van der Waals surface area contributed by atoms with E-state index in [0.29, 0.717) is 18.1 Å². The molecule has 0 radical (unpaired) electrons. The first-order chi connectivity index (χ1) is 7.46. The Hall–Kier alpha value is -0.0800. The monoisotopic (exact) mass is 225 g/mol. The van der Waals surface area contributed by atoms with E-state index in [1.807, 2.05) is 0 Å². The Morgan fingerprint density at radius 1 is 1.25 bits per heavy atom. The molecule has 16 heavy (non-hydrogen) atoms. The summed E-state index contributed by atoms with van der Waals surface area (Å²) >= 11 is 0. The van der Waals surface area contributed by atoms with Crippen LogP contribution in [0.1, 0.15) is 52.9 Å². The molecule has 2 heteroatoms. The molecule has 2 unspecified atom stereocenters. The van der Waals surface area contributed by atoms with E-state index in [9.17, 15) is 5.11 Å². The summed E-state index contributed by atoms with van der Waals surface area (Å²) in [4.78, 5) is 0. The SMILES string of the molecule is CC1CC(C)(C)CCC1NCC1(CO)CC1. The van der Waals surface area contributed by atoms with Crippen LogP contribution in [-0.2, 0) is 0 Å². The Bertz CT molecular complexity index is 245. The quantitative estimate of drug-likeness (QED) is 0.770. The number of nitrogens with one attached hydrogen (secondary N) is 1. The molecule has 0 spiro atoms. The lowest BCUT2D eigenvalue weighted by atomic mass is 9.70. The highest BCUT2D eigenvalue weighted by molar-refractivity contribution is 4.96. The zero-order valence-electron chi connectivity index (χ0n) is 11.1. The molecule has 2 nitrogen and oxygen atoms in total. The van der Waals surface area contributed by atoms with E-state index in [1.54, 1.807) is 0 Å². The van der Waals surface area contributed by atoms with Crippen molar-refractivity contribution >= 4 is 0 Å². The molecule has 2 N–H and O–H groups in total. The number of hydrogen-bond donors (Lipinski definition) is 2. The predicted molar refractivity (Wildman–Crippen MR) is 67.3 cm³/mol. The zero-order valence-corrected chi connectivity index (χ0v) is 11.1. The summed E-state index contributed by atoms with van der Waals surface area (Å²) in [6, 6.07) is 0.678. The summed E-state index contributed by atoms with van der Waals surface area (Å²) in [6.07, 6.45) is 6.39. The van der Waals surface area contributed by atoms with Crippen molar-refractivity contribution in [1.82, 2.24) is 5.32 Å². The molecule has 0 bridgehead atoms. The molecule has 0 aromatic heterocycles. The Morgan fingerprint density at radius 3 is 2.44 bits per heavy atom. The lowest BCUT2D eigenvalue weighted by Crippen LogP contribution is -2.44. The summed E-state index contributed by atoms with van der Waals surface area (Å²) in [5.41, 5.74) is 0.790. The Morgan fingerprint density at radius 2 is 1.94 bits per heavy atom. The Balaban J connectivity index is 1.78. The third-order valence-corrected chi connectivity index (χ3v) is 4.73. The number of hydrogen-bond acceptors (Lipinski definition) is 2. The fourth-order valence-corrected chi connectivity index (χ4v) is 3.17. The van der Waals surface area contributed by atoms with Crippen LogP contribution in [0.25, 0.3) is 0 Å². The van der Waals surface area contributed by atoms with Gasteiger partial charge in [-0.25, -0.2) is 0 Å². The lowest BCUT2D eigenvalue weighted by Gasteiger charge is -2.40. The second-order valence-electron chi connectivity index (χ2n) is 7.03. The minimum Gasteiger partial charge on any atom is -0.396 e. The second kappa shape index (κ2) is 4.30. The van der Waals surface area contributed by atoms with Crippen LogP contribution in [0.3, 0.4) is 0 Å². The second-order valence-corrected chi connectivity index (χ2v) is 7.03. The number of rotatable bonds is 4. The van der Waals surface area contributed by atoms with E-state index in [0.717, 1.165) is 12.5 Å². The van der Waals surface area contributed by atoms with Gasteiger partial charge in [-0.3, -0.25) is 0 Å². The molecule has 0 aromatic carbocycles. The first-order valence-electron chi connectivity index (χ1n) is 6.81. The normalized spacial score (nSPS) is 36.0. The van der Waals surface area contributed by atoms with Crippen LogP contribution in [-0.4, -0.2) is 24.3 Å². The van der Waals surface area contributed by atoms with E-state index < -0.39 is 0 Å². The molecule has 0 aliphatic heterocycles. The lowest BCUT2D eigenvalue weighted by molar-refractivity contribution is 0.136. The number of aliphatic hydroxyl groups is 1. The van der Waals surface area contributed by atoms with Crippen molar-refractivity contribution in [3.63, 3.8) is 0 Å². The van der Waals surface area contributed by atoms with Crippen molar-refractivity contribution in [2.45, 2.75) is 58.9 Å². The maximum atomic E-state index is 9.29. The smallest absolute Gasteiger partial charge is 0.0499 e. The molecular formula is C14H27NO. The van der Waals surface area contributed by atoms with Gasteiger partial charge in [0.05, 0.1) is 0 Å². The molecule has 2 aliphatic rings. The molecule has 2 fully saturated rings. The zero-order chi connectivity index (χ0) is 11.8. The third-order valence-electron chi connectivity index (χ3n) is 4.73. The topological polar surface area (TPSA) is 32.3 Å². The van der Waals surface area contributed by atoms with Gasteiger partial charge in [0, 0.05) is 24.6 Å². The van der Waals surface area contributed by atoms with E-state index in [-0.39, 0.29) is 5.41 Å². The van der Waals surface area contributed by atoms with Crippen molar-refractivity contribution < 1.29 is 5.11 Å². The van der Waals surface area contributed by atoms with Crippen LogP contribution in [0.15, 0.2) is 0 Å². The molecule has 0 heterocycles. The molecule has 2 atom stereocenters. The van der Waals surface area contributed by atoms with E-state index in [2.05, 4.69) is 26.1 Å². The van der Waals surface area contributed by atoms with Crippen molar-refractivity contribution in [2.75, 3.05) is 13.2 Å². The van der Waals surface area contributed by atoms with Gasteiger partial charge in [-0.15, -0.1) is 0 Å². The summed E-state index contributed by atoms with van der Waals surface area (Å²) in [5, 5.41) is 13.0. The van der Waals surface area contributed by atoms with Crippen LogP contribution in [0.5, 0.6) is 0 Å². The fraction of sp³-hybridized carbons (Fsp3) is 1.00. The van der Waals surface area contributed by atoms with Crippen molar-refractivity contribution in [3.05, 3.63) is 0 Å². The van der Waals surface area contributed by atoms with Crippen LogP contribution < -0.4 is 5.32 Å². The molecule has 2 rings (SSSR count). The highest BCUT2D eigenvalue weighted by Crippen LogP contribution is 2.45. The van der Waals surface area contributed by atoms with Crippen LogP contribution in [0.4, 0.5) is 0 Å². The van der Waals surface area contributed by atoms with Gasteiger partial charge in [0.2, 0.25) is 0 Å². The van der Waals surface area contributed by atoms with Gasteiger partial charge in [0.25, 0.3) is 0 Å². The minimum absolute atomic E-state index is 0.257. The van der Waals surface area contributed by atoms with Crippen LogP contribution in [0.2, 0.25) is 0 Å². The Kier molecular flexibility index (Phi) is 3.33. The fourth-order valence-electron chi connectivity index (χ4n) is 3.17. The van der Waals surface area contributed by atoms with Crippen molar-refractivity contribution in [2.24, 2.45) is 16.7 Å². The highest BCUT2D eigenvalue weighted by Gasteiger charge is 2.42. The third kappa shape index (κ3) is 2.78. The highest BCUT2D eigenvalue weighted by atomic mass is 16.3. The van der Waals surface area contributed by atoms with E-state index in [1.165, 1.54) is 32.1 Å². The van der Waals surface area contributed by atoms with Crippen LogP contribution >= 0.6 is 0 Å². The van der Waals surface area contributed by atoms with Gasteiger partial charge in [0.15, 0.2) is 0 Å². The van der Waals surface area contributed by atoms with Gasteiger partial charge in [-0.1, -0.05) is 20.8 Å². The van der Waals surface area contributed by atoms with Gasteiger partial charge in [-0.05, 0) is 43.4 Å². The molecule has 0 aromatic rings.